The van der Waals surface area contributed by atoms with Crippen LogP contribution < -0.4 is 5.32 Å². The molecule has 0 unspecified atom stereocenters. The third-order valence-corrected chi connectivity index (χ3v) is 2.12. The Labute approximate surface area is 91.5 Å². The number of benzene rings is 1. The summed E-state index contributed by atoms with van der Waals surface area (Å²) in [5.74, 6) is -0.961. The van der Waals surface area contributed by atoms with Crippen molar-refractivity contribution in [1.82, 2.24) is 15.5 Å². The van der Waals surface area contributed by atoms with Crippen LogP contribution in [0.2, 0.25) is 0 Å². The number of H-pyrrole nitrogens is 1. The lowest BCUT2D eigenvalue weighted by Gasteiger charge is -2.04. The van der Waals surface area contributed by atoms with Gasteiger partial charge in [-0.2, -0.15) is 5.10 Å². The number of hydrogen-bond donors (Lipinski definition) is 2. The van der Waals surface area contributed by atoms with Crippen molar-refractivity contribution in [2.45, 2.75) is 6.54 Å². The SMILES string of the molecule is O=C(NCc1ccn[nH]1)c1ccccc1F. The minimum absolute atomic E-state index is 0.0435. The quantitative estimate of drug-likeness (QED) is 0.821. The number of aromatic amines is 1. The summed E-state index contributed by atoms with van der Waals surface area (Å²) in [7, 11) is 0. The summed E-state index contributed by atoms with van der Waals surface area (Å²) >= 11 is 0. The molecule has 4 nitrogen and oxygen atoms in total. The van der Waals surface area contributed by atoms with Gasteiger partial charge in [-0.25, -0.2) is 4.39 Å². The van der Waals surface area contributed by atoms with Gasteiger partial charge in [0, 0.05) is 6.20 Å². The molecule has 16 heavy (non-hydrogen) atoms. The van der Waals surface area contributed by atoms with E-state index < -0.39 is 11.7 Å². The van der Waals surface area contributed by atoms with Crippen LogP contribution in [0.25, 0.3) is 0 Å². The van der Waals surface area contributed by atoms with Crippen molar-refractivity contribution in [2.75, 3.05) is 0 Å². The van der Waals surface area contributed by atoms with E-state index in [0.29, 0.717) is 6.54 Å². The van der Waals surface area contributed by atoms with E-state index in [1.807, 2.05) is 0 Å². The zero-order valence-corrected chi connectivity index (χ0v) is 8.40. The molecule has 0 radical (unpaired) electrons. The first kappa shape index (κ1) is 10.4. The molecule has 1 amide bonds. The van der Waals surface area contributed by atoms with E-state index in [-0.39, 0.29) is 5.56 Å². The Bertz CT molecular complexity index is 482. The first-order valence-corrected chi connectivity index (χ1v) is 4.78. The van der Waals surface area contributed by atoms with Gasteiger partial charge in [-0.05, 0) is 18.2 Å². The fourth-order valence-corrected chi connectivity index (χ4v) is 1.30. The number of carbonyl (C=O) groups excluding carboxylic acids is 1. The molecule has 2 rings (SSSR count). The second-order valence-corrected chi connectivity index (χ2v) is 3.24. The molecule has 0 atom stereocenters. The average Bonchev–Trinajstić information content (AvgIpc) is 2.79. The fourth-order valence-electron chi connectivity index (χ4n) is 1.30. The van der Waals surface area contributed by atoms with Crippen molar-refractivity contribution in [3.8, 4) is 0 Å². The molecule has 5 heteroatoms. The molecule has 0 aliphatic carbocycles. The van der Waals surface area contributed by atoms with Crippen LogP contribution >= 0.6 is 0 Å². The minimum Gasteiger partial charge on any atom is -0.346 e. The molecule has 82 valence electrons. The molecule has 1 aromatic carbocycles. The van der Waals surface area contributed by atoms with Gasteiger partial charge in [0.1, 0.15) is 5.82 Å². The second kappa shape index (κ2) is 4.57. The number of nitrogens with one attached hydrogen (secondary N) is 2. The summed E-state index contributed by atoms with van der Waals surface area (Å²) in [5, 5.41) is 9.03. The van der Waals surface area contributed by atoms with Gasteiger partial charge in [0.2, 0.25) is 0 Å². The Kier molecular flexibility index (Phi) is 2.95. The molecule has 2 aromatic rings. The number of aromatic nitrogens is 2. The van der Waals surface area contributed by atoms with Crippen molar-refractivity contribution >= 4 is 5.91 Å². The van der Waals surface area contributed by atoms with Crippen LogP contribution in [-0.2, 0) is 6.54 Å². The Morgan fingerprint density at radius 1 is 1.38 bits per heavy atom. The fraction of sp³-hybridized carbons (Fsp3) is 0.0909. The van der Waals surface area contributed by atoms with Gasteiger partial charge in [0.25, 0.3) is 5.91 Å². The summed E-state index contributed by atoms with van der Waals surface area (Å²) in [5.41, 5.74) is 0.812. The molecule has 1 heterocycles. The highest BCUT2D eigenvalue weighted by Crippen LogP contribution is 2.06. The van der Waals surface area contributed by atoms with Gasteiger partial charge < -0.3 is 5.32 Å². The lowest BCUT2D eigenvalue weighted by molar-refractivity contribution is 0.0946. The lowest BCUT2D eigenvalue weighted by Crippen LogP contribution is -2.23. The number of carbonyl (C=O) groups is 1. The zero-order valence-electron chi connectivity index (χ0n) is 8.40. The van der Waals surface area contributed by atoms with Crippen LogP contribution in [-0.4, -0.2) is 16.1 Å². The normalized spacial score (nSPS) is 10.1. The largest absolute Gasteiger partial charge is 0.346 e. The lowest BCUT2D eigenvalue weighted by atomic mass is 10.2. The zero-order chi connectivity index (χ0) is 11.4. The van der Waals surface area contributed by atoms with Crippen LogP contribution in [0.4, 0.5) is 4.39 Å². The number of rotatable bonds is 3. The second-order valence-electron chi connectivity index (χ2n) is 3.24. The summed E-state index contributed by atoms with van der Waals surface area (Å²) in [4.78, 5) is 11.6. The van der Waals surface area contributed by atoms with Gasteiger partial charge in [0.05, 0.1) is 17.8 Å². The average molecular weight is 219 g/mol. The molecular weight excluding hydrogens is 209 g/mol. The Morgan fingerprint density at radius 2 is 2.19 bits per heavy atom. The Balaban J connectivity index is 2.01. The smallest absolute Gasteiger partial charge is 0.254 e. The van der Waals surface area contributed by atoms with E-state index in [1.165, 1.54) is 12.1 Å². The maximum absolute atomic E-state index is 13.2. The number of hydrogen-bond acceptors (Lipinski definition) is 2. The van der Waals surface area contributed by atoms with Gasteiger partial charge >= 0.3 is 0 Å². The molecular formula is C11H10FN3O. The molecule has 1 aromatic heterocycles. The monoisotopic (exact) mass is 219 g/mol. The van der Waals surface area contributed by atoms with E-state index >= 15 is 0 Å². The van der Waals surface area contributed by atoms with Crippen LogP contribution in [0, 0.1) is 5.82 Å². The van der Waals surface area contributed by atoms with Gasteiger partial charge in [-0.3, -0.25) is 9.89 Å². The van der Waals surface area contributed by atoms with Crippen molar-refractivity contribution in [2.24, 2.45) is 0 Å². The van der Waals surface area contributed by atoms with E-state index in [1.54, 1.807) is 24.4 Å². The van der Waals surface area contributed by atoms with Crippen molar-refractivity contribution in [1.29, 1.82) is 0 Å². The van der Waals surface area contributed by atoms with Crippen LogP contribution in [0.15, 0.2) is 36.5 Å². The highest BCUT2D eigenvalue weighted by molar-refractivity contribution is 5.94. The Hall–Kier alpha value is -2.17. The van der Waals surface area contributed by atoms with Crippen LogP contribution in [0.1, 0.15) is 16.1 Å². The van der Waals surface area contributed by atoms with E-state index in [9.17, 15) is 9.18 Å². The van der Waals surface area contributed by atoms with E-state index in [0.717, 1.165) is 5.69 Å². The van der Waals surface area contributed by atoms with Gasteiger partial charge in [-0.1, -0.05) is 12.1 Å². The predicted octanol–water partition coefficient (Wildman–Crippen LogP) is 1.48. The highest BCUT2D eigenvalue weighted by atomic mass is 19.1. The minimum atomic E-state index is -0.524. The molecule has 0 fully saturated rings. The molecule has 0 aliphatic rings. The topological polar surface area (TPSA) is 57.8 Å². The molecule has 2 N–H and O–H groups in total. The predicted molar refractivity (Wildman–Crippen MR) is 56.2 cm³/mol. The van der Waals surface area contributed by atoms with Crippen molar-refractivity contribution in [3.63, 3.8) is 0 Å². The number of nitrogens with zero attached hydrogens (tertiary/aromatic N) is 1. The van der Waals surface area contributed by atoms with E-state index in [4.69, 9.17) is 0 Å². The maximum Gasteiger partial charge on any atom is 0.254 e. The number of halogens is 1. The van der Waals surface area contributed by atoms with E-state index in [2.05, 4.69) is 15.5 Å². The molecule has 0 spiro atoms. The Morgan fingerprint density at radius 3 is 2.88 bits per heavy atom. The summed E-state index contributed by atoms with van der Waals surface area (Å²) < 4.78 is 13.2. The van der Waals surface area contributed by atoms with Gasteiger partial charge in [0.15, 0.2) is 0 Å². The van der Waals surface area contributed by atoms with Crippen molar-refractivity contribution < 1.29 is 9.18 Å². The number of amides is 1. The summed E-state index contributed by atoms with van der Waals surface area (Å²) in [6.45, 7) is 0.299. The molecule has 0 bridgehead atoms. The standard InChI is InChI=1S/C11H10FN3O/c12-10-4-2-1-3-9(10)11(16)13-7-8-5-6-14-15-8/h1-6H,7H2,(H,13,16)(H,14,15). The van der Waals surface area contributed by atoms with Crippen molar-refractivity contribution in [3.05, 3.63) is 53.6 Å². The summed E-state index contributed by atoms with van der Waals surface area (Å²) in [6, 6.07) is 7.60. The first-order chi connectivity index (χ1) is 7.77. The third kappa shape index (κ3) is 2.25. The highest BCUT2D eigenvalue weighted by Gasteiger charge is 2.09. The maximum atomic E-state index is 13.2. The van der Waals surface area contributed by atoms with Crippen LogP contribution in [0.3, 0.4) is 0 Å². The molecule has 0 saturated heterocycles. The first-order valence-electron chi connectivity index (χ1n) is 4.78. The molecule has 0 aliphatic heterocycles. The third-order valence-electron chi connectivity index (χ3n) is 2.12. The van der Waals surface area contributed by atoms with Crippen LogP contribution in [0.5, 0.6) is 0 Å². The van der Waals surface area contributed by atoms with Gasteiger partial charge in [-0.15, -0.1) is 0 Å². The summed E-state index contributed by atoms with van der Waals surface area (Å²) in [6.07, 6.45) is 1.59. The molecule has 0 saturated carbocycles.